The minimum atomic E-state index is -0.152. The lowest BCUT2D eigenvalue weighted by Gasteiger charge is -2.29. The Morgan fingerprint density at radius 3 is 2.45 bits per heavy atom. The fourth-order valence-corrected chi connectivity index (χ4v) is 1.87. The number of hydrogen-bond acceptors (Lipinski definition) is 6. The zero-order valence-corrected chi connectivity index (χ0v) is 13.1. The summed E-state index contributed by atoms with van der Waals surface area (Å²) in [6, 6.07) is 2.13. The van der Waals surface area contributed by atoms with Gasteiger partial charge in [0.2, 0.25) is 0 Å². The molecule has 6 heteroatoms. The number of nitrogen functional groups attached to an aromatic ring is 1. The first-order valence-corrected chi connectivity index (χ1v) is 7.03. The molecule has 0 saturated carbocycles. The van der Waals surface area contributed by atoms with Crippen molar-refractivity contribution in [2.45, 2.75) is 52.5 Å². The number of aromatic nitrogens is 2. The maximum atomic E-state index is 9.04. The Hall–Kier alpha value is -1.40. The first kappa shape index (κ1) is 16.7. The van der Waals surface area contributed by atoms with Crippen molar-refractivity contribution in [2.75, 3.05) is 23.5 Å². The highest BCUT2D eigenvalue weighted by molar-refractivity contribution is 5.50. The van der Waals surface area contributed by atoms with E-state index in [1.54, 1.807) is 0 Å². The van der Waals surface area contributed by atoms with Crippen molar-refractivity contribution in [1.29, 1.82) is 0 Å². The van der Waals surface area contributed by atoms with Gasteiger partial charge in [-0.25, -0.2) is 15.8 Å². The number of hydrazine groups is 1. The smallest absolute Gasteiger partial charge is 0.145 e. The first-order valence-electron chi connectivity index (χ1n) is 7.03. The highest BCUT2D eigenvalue weighted by atomic mass is 16.3. The average Bonchev–Trinajstić information content (AvgIpc) is 2.37. The van der Waals surface area contributed by atoms with Crippen LogP contribution < -0.4 is 16.2 Å². The normalized spacial score (nSPS) is 11.8. The summed E-state index contributed by atoms with van der Waals surface area (Å²) in [7, 11) is 0. The van der Waals surface area contributed by atoms with Crippen LogP contribution in [0.25, 0.3) is 0 Å². The third-order valence-electron chi connectivity index (χ3n) is 3.01. The molecule has 0 amide bonds. The molecule has 0 spiro atoms. The molecule has 0 aliphatic carbocycles. The molecule has 1 rings (SSSR count). The molecule has 20 heavy (non-hydrogen) atoms. The van der Waals surface area contributed by atoms with Crippen LogP contribution in [-0.2, 0) is 5.41 Å². The average molecular weight is 281 g/mol. The molecule has 0 atom stereocenters. The summed E-state index contributed by atoms with van der Waals surface area (Å²) >= 11 is 0. The Kier molecular flexibility index (Phi) is 5.71. The number of nitrogens with zero attached hydrogens (tertiary/aromatic N) is 3. The van der Waals surface area contributed by atoms with Gasteiger partial charge in [0.25, 0.3) is 0 Å². The van der Waals surface area contributed by atoms with E-state index in [-0.39, 0.29) is 18.1 Å². The summed E-state index contributed by atoms with van der Waals surface area (Å²) in [5.41, 5.74) is 2.45. The summed E-state index contributed by atoms with van der Waals surface area (Å²) in [5.74, 6) is 7.70. The molecule has 0 radical (unpaired) electrons. The molecule has 4 N–H and O–H groups in total. The minimum Gasteiger partial charge on any atom is -0.396 e. The van der Waals surface area contributed by atoms with Crippen molar-refractivity contribution in [3.63, 3.8) is 0 Å². The van der Waals surface area contributed by atoms with E-state index in [9.17, 15) is 0 Å². The molecule has 1 aromatic rings. The van der Waals surface area contributed by atoms with E-state index < -0.39 is 0 Å². The van der Waals surface area contributed by atoms with E-state index in [4.69, 9.17) is 10.9 Å². The van der Waals surface area contributed by atoms with Crippen LogP contribution in [0.3, 0.4) is 0 Å². The van der Waals surface area contributed by atoms with Gasteiger partial charge in [-0.1, -0.05) is 20.8 Å². The van der Waals surface area contributed by atoms with Crippen LogP contribution in [-0.4, -0.2) is 34.3 Å². The molecule has 1 heterocycles. The number of nitrogens with two attached hydrogens (primary N) is 1. The van der Waals surface area contributed by atoms with E-state index in [0.29, 0.717) is 12.2 Å². The first-order chi connectivity index (χ1) is 9.29. The van der Waals surface area contributed by atoms with Crippen LogP contribution in [0.2, 0.25) is 0 Å². The summed E-state index contributed by atoms with van der Waals surface area (Å²) < 4.78 is 0. The highest BCUT2D eigenvalue weighted by Gasteiger charge is 2.21. The maximum Gasteiger partial charge on any atom is 0.145 e. The van der Waals surface area contributed by atoms with Gasteiger partial charge in [0.15, 0.2) is 0 Å². The molecule has 0 unspecified atom stereocenters. The second-order valence-electron chi connectivity index (χ2n) is 6.19. The predicted octanol–water partition coefficient (Wildman–Crippen LogP) is 1.66. The van der Waals surface area contributed by atoms with Gasteiger partial charge in [-0.05, 0) is 20.3 Å². The molecule has 0 bridgehead atoms. The Balaban J connectivity index is 3.19. The SMILES string of the molecule is CC(C)N(CCCO)c1cc(NN)nc(C(C)(C)C)n1. The van der Waals surface area contributed by atoms with Crippen molar-refractivity contribution in [1.82, 2.24) is 9.97 Å². The number of aliphatic hydroxyl groups excluding tert-OH is 1. The van der Waals surface area contributed by atoms with Crippen LogP contribution in [0.4, 0.5) is 11.6 Å². The molecule has 6 nitrogen and oxygen atoms in total. The zero-order valence-electron chi connectivity index (χ0n) is 13.1. The Labute approximate surface area is 121 Å². The van der Waals surface area contributed by atoms with Crippen molar-refractivity contribution >= 4 is 11.6 Å². The van der Waals surface area contributed by atoms with Crippen LogP contribution in [0.1, 0.15) is 46.9 Å². The van der Waals surface area contributed by atoms with Crippen LogP contribution >= 0.6 is 0 Å². The van der Waals surface area contributed by atoms with Gasteiger partial charge >= 0.3 is 0 Å². The lowest BCUT2D eigenvalue weighted by Crippen LogP contribution is -2.34. The molecular formula is C14H27N5O. The monoisotopic (exact) mass is 281 g/mol. The molecule has 0 saturated heterocycles. The molecule has 0 aliphatic heterocycles. The fraction of sp³-hybridized carbons (Fsp3) is 0.714. The molecule has 114 valence electrons. The second-order valence-corrected chi connectivity index (χ2v) is 6.19. The van der Waals surface area contributed by atoms with E-state index >= 15 is 0 Å². The lowest BCUT2D eigenvalue weighted by molar-refractivity contribution is 0.288. The largest absolute Gasteiger partial charge is 0.396 e. The standard InChI is InChI=1S/C14H27N5O/c1-10(2)19(7-6-8-20)12-9-11(18-15)16-13(17-12)14(3,4)5/h9-10,20H,6-8,15H2,1-5H3,(H,16,17,18). The van der Waals surface area contributed by atoms with Crippen molar-refractivity contribution in [3.8, 4) is 0 Å². The molecule has 0 aliphatic rings. The summed E-state index contributed by atoms with van der Waals surface area (Å²) in [4.78, 5) is 11.2. The molecular weight excluding hydrogens is 254 g/mol. The number of rotatable bonds is 6. The molecule has 1 aromatic heterocycles. The van der Waals surface area contributed by atoms with E-state index in [0.717, 1.165) is 18.2 Å². The Morgan fingerprint density at radius 2 is 2.00 bits per heavy atom. The summed E-state index contributed by atoms with van der Waals surface area (Å²) in [6.45, 7) is 11.3. The summed E-state index contributed by atoms with van der Waals surface area (Å²) in [6.07, 6.45) is 0.707. The maximum absolute atomic E-state index is 9.04. The quantitative estimate of drug-likeness (QED) is 0.543. The van der Waals surface area contributed by atoms with Crippen LogP contribution in [0.5, 0.6) is 0 Å². The van der Waals surface area contributed by atoms with E-state index in [1.807, 2.05) is 6.07 Å². The lowest BCUT2D eigenvalue weighted by atomic mass is 9.96. The van der Waals surface area contributed by atoms with Crippen molar-refractivity contribution < 1.29 is 5.11 Å². The van der Waals surface area contributed by atoms with Crippen LogP contribution in [0.15, 0.2) is 6.07 Å². The number of nitrogens with one attached hydrogen (secondary N) is 1. The van der Waals surface area contributed by atoms with Gasteiger partial charge in [0, 0.05) is 30.7 Å². The van der Waals surface area contributed by atoms with Gasteiger partial charge in [0.1, 0.15) is 17.5 Å². The van der Waals surface area contributed by atoms with E-state index in [2.05, 4.69) is 54.9 Å². The van der Waals surface area contributed by atoms with Gasteiger partial charge in [-0.15, -0.1) is 0 Å². The van der Waals surface area contributed by atoms with Gasteiger partial charge in [-0.3, -0.25) is 0 Å². The zero-order chi connectivity index (χ0) is 15.3. The van der Waals surface area contributed by atoms with E-state index in [1.165, 1.54) is 0 Å². The van der Waals surface area contributed by atoms with Crippen LogP contribution in [0, 0.1) is 0 Å². The minimum absolute atomic E-state index is 0.152. The number of hydrogen-bond donors (Lipinski definition) is 3. The fourth-order valence-electron chi connectivity index (χ4n) is 1.87. The predicted molar refractivity (Wildman–Crippen MR) is 82.7 cm³/mol. The van der Waals surface area contributed by atoms with Crippen molar-refractivity contribution in [3.05, 3.63) is 11.9 Å². The topological polar surface area (TPSA) is 87.3 Å². The number of anilines is 2. The molecule has 0 aromatic carbocycles. The Bertz CT molecular complexity index is 428. The van der Waals surface area contributed by atoms with Gasteiger partial charge in [0.05, 0.1) is 0 Å². The van der Waals surface area contributed by atoms with Gasteiger partial charge in [-0.2, -0.15) is 0 Å². The summed E-state index contributed by atoms with van der Waals surface area (Å²) in [5, 5.41) is 9.04. The number of aliphatic hydroxyl groups is 1. The van der Waals surface area contributed by atoms with Gasteiger partial charge < -0.3 is 15.4 Å². The second kappa shape index (κ2) is 6.85. The molecule has 0 fully saturated rings. The third-order valence-corrected chi connectivity index (χ3v) is 3.01. The third kappa shape index (κ3) is 4.31. The highest BCUT2D eigenvalue weighted by Crippen LogP contribution is 2.24. The van der Waals surface area contributed by atoms with Crippen molar-refractivity contribution in [2.24, 2.45) is 5.84 Å². The Morgan fingerprint density at radius 1 is 1.35 bits per heavy atom.